The third-order valence-electron chi connectivity index (χ3n) is 4.35. The molecule has 1 saturated heterocycles. The number of carboxylic acid groups (broad SMARTS) is 2. The third-order valence-corrected chi connectivity index (χ3v) is 4.35. The van der Waals surface area contributed by atoms with E-state index in [0.29, 0.717) is 18.8 Å². The van der Waals surface area contributed by atoms with Gasteiger partial charge in [-0.3, -0.25) is 9.59 Å². The van der Waals surface area contributed by atoms with Gasteiger partial charge in [0.25, 0.3) is 0 Å². The van der Waals surface area contributed by atoms with Crippen LogP contribution in [0.15, 0.2) is 18.2 Å². The highest BCUT2D eigenvalue weighted by Crippen LogP contribution is 2.27. The van der Waals surface area contributed by atoms with Gasteiger partial charge in [0, 0.05) is 18.8 Å². The standard InChI is InChI=1S/C16H19N3O4/c1-10-17-13-7-12(4-5-14(13)19(10)9-15(20)21)18-6-2-3-11(8-18)16(22)23/h4-5,7,11H,2-3,6,8-9H2,1H3,(H,20,21)(H,22,23). The van der Waals surface area contributed by atoms with Crippen molar-refractivity contribution < 1.29 is 19.8 Å². The number of aromatic nitrogens is 2. The smallest absolute Gasteiger partial charge is 0.323 e. The zero-order valence-electron chi connectivity index (χ0n) is 12.9. The predicted octanol–water partition coefficient (Wildman–Crippen LogP) is 1.73. The van der Waals surface area contributed by atoms with Crippen molar-refractivity contribution in [1.82, 2.24) is 9.55 Å². The number of benzene rings is 1. The second kappa shape index (κ2) is 5.91. The Morgan fingerprint density at radius 3 is 2.83 bits per heavy atom. The lowest BCUT2D eigenvalue weighted by molar-refractivity contribution is -0.142. The summed E-state index contributed by atoms with van der Waals surface area (Å²) in [6.45, 7) is 2.98. The summed E-state index contributed by atoms with van der Waals surface area (Å²) in [5, 5.41) is 18.2. The van der Waals surface area contributed by atoms with Gasteiger partial charge in [-0.2, -0.15) is 0 Å². The van der Waals surface area contributed by atoms with Gasteiger partial charge in [-0.1, -0.05) is 0 Å². The van der Waals surface area contributed by atoms with Gasteiger partial charge in [0.15, 0.2) is 0 Å². The minimum Gasteiger partial charge on any atom is -0.481 e. The molecule has 23 heavy (non-hydrogen) atoms. The highest BCUT2D eigenvalue weighted by atomic mass is 16.4. The summed E-state index contributed by atoms with van der Waals surface area (Å²) < 4.78 is 1.66. The van der Waals surface area contributed by atoms with Crippen molar-refractivity contribution in [2.24, 2.45) is 5.92 Å². The lowest BCUT2D eigenvalue weighted by Crippen LogP contribution is -2.38. The van der Waals surface area contributed by atoms with E-state index in [1.807, 2.05) is 18.2 Å². The minimum atomic E-state index is -0.906. The number of anilines is 1. The number of aliphatic carboxylic acids is 2. The molecule has 2 N–H and O–H groups in total. The van der Waals surface area contributed by atoms with Crippen molar-refractivity contribution in [3.63, 3.8) is 0 Å². The Balaban J connectivity index is 1.91. The SMILES string of the molecule is Cc1nc2cc(N3CCCC(C(=O)O)C3)ccc2n1CC(=O)O. The van der Waals surface area contributed by atoms with E-state index in [1.165, 1.54) is 0 Å². The van der Waals surface area contributed by atoms with Crippen molar-refractivity contribution in [3.8, 4) is 0 Å². The average Bonchev–Trinajstić information content (AvgIpc) is 2.82. The van der Waals surface area contributed by atoms with Crippen LogP contribution in [0.4, 0.5) is 5.69 Å². The van der Waals surface area contributed by atoms with Crippen molar-refractivity contribution in [2.45, 2.75) is 26.3 Å². The van der Waals surface area contributed by atoms with Crippen LogP contribution in [0.1, 0.15) is 18.7 Å². The molecule has 1 aliphatic rings. The molecule has 0 saturated carbocycles. The molecule has 1 aliphatic heterocycles. The number of hydrogen-bond acceptors (Lipinski definition) is 4. The van der Waals surface area contributed by atoms with Crippen LogP contribution in [0.3, 0.4) is 0 Å². The lowest BCUT2D eigenvalue weighted by Gasteiger charge is -2.32. The first-order valence-corrected chi connectivity index (χ1v) is 7.62. The first kappa shape index (κ1) is 15.3. The number of fused-ring (bicyclic) bond motifs is 1. The van der Waals surface area contributed by atoms with Crippen molar-refractivity contribution in [2.75, 3.05) is 18.0 Å². The fourth-order valence-electron chi connectivity index (χ4n) is 3.18. The Labute approximate surface area is 133 Å². The van der Waals surface area contributed by atoms with Crippen LogP contribution in [-0.2, 0) is 16.1 Å². The molecule has 0 bridgehead atoms. The van der Waals surface area contributed by atoms with E-state index < -0.39 is 11.9 Å². The Hall–Kier alpha value is -2.57. The molecular weight excluding hydrogens is 298 g/mol. The Morgan fingerprint density at radius 2 is 2.13 bits per heavy atom. The van der Waals surface area contributed by atoms with Gasteiger partial charge in [-0.25, -0.2) is 4.98 Å². The highest BCUT2D eigenvalue weighted by molar-refractivity contribution is 5.82. The normalized spacial score (nSPS) is 18.3. The van der Waals surface area contributed by atoms with Crippen LogP contribution in [-0.4, -0.2) is 44.8 Å². The summed E-state index contributed by atoms with van der Waals surface area (Å²) >= 11 is 0. The van der Waals surface area contributed by atoms with Crippen LogP contribution in [0.5, 0.6) is 0 Å². The topological polar surface area (TPSA) is 95.7 Å². The zero-order chi connectivity index (χ0) is 16.6. The fraction of sp³-hybridized carbons (Fsp3) is 0.438. The van der Waals surface area contributed by atoms with Crippen molar-refractivity contribution in [3.05, 3.63) is 24.0 Å². The number of carboxylic acids is 2. The summed E-state index contributed by atoms with van der Waals surface area (Å²) in [7, 11) is 0. The number of rotatable bonds is 4. The molecule has 0 spiro atoms. The number of imidazole rings is 1. The van der Waals surface area contributed by atoms with E-state index in [-0.39, 0.29) is 12.5 Å². The number of nitrogens with zero attached hydrogens (tertiary/aromatic N) is 3. The lowest BCUT2D eigenvalue weighted by atomic mass is 9.98. The van der Waals surface area contributed by atoms with Gasteiger partial charge in [0.2, 0.25) is 0 Å². The summed E-state index contributed by atoms with van der Waals surface area (Å²) in [6, 6.07) is 5.68. The number of aryl methyl sites for hydroxylation is 1. The van der Waals surface area contributed by atoms with E-state index in [4.69, 9.17) is 5.11 Å². The van der Waals surface area contributed by atoms with E-state index >= 15 is 0 Å². The van der Waals surface area contributed by atoms with E-state index in [2.05, 4.69) is 9.88 Å². The number of carbonyl (C=O) groups is 2. The number of hydrogen-bond donors (Lipinski definition) is 2. The van der Waals surface area contributed by atoms with Gasteiger partial charge in [0.05, 0.1) is 17.0 Å². The maximum Gasteiger partial charge on any atom is 0.323 e. The third kappa shape index (κ3) is 2.99. The van der Waals surface area contributed by atoms with E-state index in [9.17, 15) is 14.7 Å². The Kier molecular flexibility index (Phi) is 3.94. The van der Waals surface area contributed by atoms with Crippen LogP contribution in [0.2, 0.25) is 0 Å². The number of piperidine rings is 1. The van der Waals surface area contributed by atoms with Crippen molar-refractivity contribution >= 4 is 28.7 Å². The second-order valence-corrected chi connectivity index (χ2v) is 5.94. The monoisotopic (exact) mass is 317 g/mol. The van der Waals surface area contributed by atoms with Gasteiger partial charge < -0.3 is 19.7 Å². The summed E-state index contributed by atoms with van der Waals surface area (Å²) in [6.07, 6.45) is 1.56. The second-order valence-electron chi connectivity index (χ2n) is 5.94. The minimum absolute atomic E-state index is 0.119. The fourth-order valence-corrected chi connectivity index (χ4v) is 3.18. The highest BCUT2D eigenvalue weighted by Gasteiger charge is 2.25. The molecule has 7 heteroatoms. The van der Waals surface area contributed by atoms with Gasteiger partial charge >= 0.3 is 11.9 Å². The predicted molar refractivity (Wildman–Crippen MR) is 84.7 cm³/mol. The summed E-state index contributed by atoms with van der Waals surface area (Å²) in [4.78, 5) is 28.7. The molecule has 0 aliphatic carbocycles. The van der Waals surface area contributed by atoms with Crippen molar-refractivity contribution in [1.29, 1.82) is 0 Å². The zero-order valence-corrected chi connectivity index (χ0v) is 12.9. The molecule has 0 amide bonds. The molecule has 1 atom stereocenters. The maximum absolute atomic E-state index is 11.2. The molecule has 2 heterocycles. The summed E-state index contributed by atoms with van der Waals surface area (Å²) in [5.74, 6) is -1.35. The quantitative estimate of drug-likeness (QED) is 0.891. The molecule has 1 aromatic carbocycles. The maximum atomic E-state index is 11.2. The summed E-state index contributed by atoms with van der Waals surface area (Å²) in [5.41, 5.74) is 2.45. The molecule has 1 unspecified atom stereocenters. The van der Waals surface area contributed by atoms with Gasteiger partial charge in [0.1, 0.15) is 12.4 Å². The van der Waals surface area contributed by atoms with Crippen LogP contribution in [0.25, 0.3) is 11.0 Å². The van der Waals surface area contributed by atoms with Crippen LogP contribution < -0.4 is 4.90 Å². The van der Waals surface area contributed by atoms with Crippen LogP contribution >= 0.6 is 0 Å². The average molecular weight is 317 g/mol. The molecule has 7 nitrogen and oxygen atoms in total. The van der Waals surface area contributed by atoms with E-state index in [0.717, 1.165) is 29.7 Å². The first-order chi connectivity index (χ1) is 11.0. The molecule has 3 rings (SSSR count). The van der Waals surface area contributed by atoms with Crippen LogP contribution in [0, 0.1) is 12.8 Å². The Bertz CT molecular complexity index is 768. The molecule has 0 radical (unpaired) electrons. The molecule has 122 valence electrons. The molecular formula is C16H19N3O4. The molecule has 1 fully saturated rings. The molecule has 1 aromatic heterocycles. The Morgan fingerprint density at radius 1 is 1.35 bits per heavy atom. The largest absolute Gasteiger partial charge is 0.481 e. The van der Waals surface area contributed by atoms with Gasteiger partial charge in [-0.05, 0) is 38.0 Å². The molecule has 2 aromatic rings. The van der Waals surface area contributed by atoms with E-state index in [1.54, 1.807) is 11.5 Å². The van der Waals surface area contributed by atoms with Gasteiger partial charge in [-0.15, -0.1) is 0 Å². The first-order valence-electron chi connectivity index (χ1n) is 7.62.